The van der Waals surface area contributed by atoms with E-state index in [0.29, 0.717) is 52.5 Å². The van der Waals surface area contributed by atoms with E-state index in [1.165, 1.54) is 12.1 Å². The van der Waals surface area contributed by atoms with Crippen LogP contribution in [0.15, 0.2) is 54.9 Å². The highest BCUT2D eigenvalue weighted by Gasteiger charge is 2.19. The molecule has 4 N–H and O–H groups in total. The Labute approximate surface area is 171 Å². The number of anilines is 1. The number of aromatic nitrogens is 4. The number of hydrogen-bond acceptors (Lipinski definition) is 6. The van der Waals surface area contributed by atoms with Crippen molar-refractivity contribution in [2.75, 3.05) is 18.5 Å². The number of fused-ring (bicyclic) bond motifs is 1. The minimum absolute atomic E-state index is 0.0671. The summed E-state index contributed by atoms with van der Waals surface area (Å²) in [6.45, 7) is 0.596. The number of carbonyl (C=O) groups is 1. The van der Waals surface area contributed by atoms with Crippen LogP contribution in [0.4, 0.5) is 10.3 Å². The highest BCUT2D eigenvalue weighted by Crippen LogP contribution is 2.34. The van der Waals surface area contributed by atoms with Crippen LogP contribution < -0.4 is 11.1 Å². The number of amides is 1. The molecule has 0 unspecified atom stereocenters. The summed E-state index contributed by atoms with van der Waals surface area (Å²) in [5, 5.41) is 16.6. The van der Waals surface area contributed by atoms with Crippen LogP contribution in [-0.4, -0.2) is 43.7 Å². The Kier molecular flexibility index (Phi) is 5.36. The number of carbonyl (C=O) groups excluding carboxylic acids is 1. The average Bonchev–Trinajstić information content (AvgIpc) is 3.13. The fourth-order valence-electron chi connectivity index (χ4n) is 3.12. The summed E-state index contributed by atoms with van der Waals surface area (Å²) in [6.07, 6.45) is 3.75. The third-order valence-electron chi connectivity index (χ3n) is 4.56. The van der Waals surface area contributed by atoms with E-state index < -0.39 is 5.91 Å². The van der Waals surface area contributed by atoms with E-state index in [2.05, 4.69) is 20.4 Å². The maximum atomic E-state index is 13.4. The van der Waals surface area contributed by atoms with Crippen molar-refractivity contribution >= 4 is 17.4 Å². The molecule has 4 aromatic rings. The van der Waals surface area contributed by atoms with Crippen LogP contribution >= 0.6 is 0 Å². The zero-order valence-electron chi connectivity index (χ0n) is 15.9. The number of nitrogens with two attached hydrogens (primary N) is 1. The van der Waals surface area contributed by atoms with Gasteiger partial charge in [-0.25, -0.2) is 18.9 Å². The van der Waals surface area contributed by atoms with Crippen molar-refractivity contribution in [3.05, 3.63) is 66.2 Å². The van der Waals surface area contributed by atoms with Crippen LogP contribution in [0.3, 0.4) is 0 Å². The van der Waals surface area contributed by atoms with Gasteiger partial charge in [0.2, 0.25) is 11.9 Å². The van der Waals surface area contributed by atoms with Crippen LogP contribution in [0.5, 0.6) is 0 Å². The molecule has 0 aliphatic carbocycles. The van der Waals surface area contributed by atoms with Crippen LogP contribution in [0.1, 0.15) is 16.8 Å². The number of pyridine rings is 1. The number of halogens is 1. The summed E-state index contributed by atoms with van der Waals surface area (Å²) in [6, 6.07) is 11.1. The van der Waals surface area contributed by atoms with Gasteiger partial charge in [0.15, 0.2) is 0 Å². The molecule has 0 bridgehead atoms. The van der Waals surface area contributed by atoms with Crippen LogP contribution in [-0.2, 0) is 0 Å². The zero-order valence-corrected chi connectivity index (χ0v) is 15.9. The largest absolute Gasteiger partial charge is 0.396 e. The van der Waals surface area contributed by atoms with E-state index in [0.717, 1.165) is 0 Å². The summed E-state index contributed by atoms with van der Waals surface area (Å²) >= 11 is 0. The summed E-state index contributed by atoms with van der Waals surface area (Å²) in [5.41, 5.74) is 9.02. The first-order valence-corrected chi connectivity index (χ1v) is 9.33. The molecule has 0 spiro atoms. The summed E-state index contributed by atoms with van der Waals surface area (Å²) < 4.78 is 15.0. The first kappa shape index (κ1) is 19.5. The molecule has 0 radical (unpaired) electrons. The van der Waals surface area contributed by atoms with Crippen molar-refractivity contribution in [3.63, 3.8) is 0 Å². The van der Waals surface area contributed by atoms with Gasteiger partial charge in [-0.1, -0.05) is 0 Å². The first-order chi connectivity index (χ1) is 14.6. The molecule has 8 nitrogen and oxygen atoms in total. The minimum Gasteiger partial charge on any atom is -0.396 e. The highest BCUT2D eigenvalue weighted by molar-refractivity contribution is 5.95. The Morgan fingerprint density at radius 1 is 1.17 bits per heavy atom. The number of aliphatic hydroxyl groups is 1. The van der Waals surface area contributed by atoms with Crippen molar-refractivity contribution in [2.24, 2.45) is 5.73 Å². The third kappa shape index (κ3) is 3.83. The molecule has 0 aliphatic rings. The monoisotopic (exact) mass is 406 g/mol. The topological polar surface area (TPSA) is 118 Å². The van der Waals surface area contributed by atoms with Crippen LogP contribution in [0, 0.1) is 5.82 Å². The number of nitrogens with one attached hydrogen (secondary N) is 1. The lowest BCUT2D eigenvalue weighted by Crippen LogP contribution is -2.11. The zero-order chi connectivity index (χ0) is 21.1. The van der Waals surface area contributed by atoms with Crippen LogP contribution in [0.2, 0.25) is 0 Å². The Bertz CT molecular complexity index is 1210. The molecule has 3 heterocycles. The smallest absolute Gasteiger partial charge is 0.250 e. The minimum atomic E-state index is -0.560. The number of benzene rings is 1. The van der Waals surface area contributed by atoms with Gasteiger partial charge in [-0.2, -0.15) is 5.10 Å². The molecular formula is C21H19FN6O2. The SMILES string of the molecule is NC(=O)c1ccc2c(-c3ccnc(NCCCO)n3)c(-c3ccc(F)cc3)nn2c1. The van der Waals surface area contributed by atoms with Gasteiger partial charge < -0.3 is 16.2 Å². The highest BCUT2D eigenvalue weighted by atomic mass is 19.1. The number of aliphatic hydroxyl groups excluding tert-OH is 1. The normalized spacial score (nSPS) is 11.0. The number of primary amides is 1. The lowest BCUT2D eigenvalue weighted by molar-refractivity contribution is 0.0999. The van der Waals surface area contributed by atoms with Gasteiger partial charge in [0.25, 0.3) is 0 Å². The Hall–Kier alpha value is -3.85. The Balaban J connectivity index is 1.88. The fraction of sp³-hybridized carbons (Fsp3) is 0.143. The lowest BCUT2D eigenvalue weighted by atomic mass is 10.0. The summed E-state index contributed by atoms with van der Waals surface area (Å²) in [5.74, 6) is -0.494. The predicted octanol–water partition coefficient (Wildman–Crippen LogP) is 2.49. The van der Waals surface area contributed by atoms with Gasteiger partial charge in [0.05, 0.1) is 22.3 Å². The van der Waals surface area contributed by atoms with Gasteiger partial charge in [-0.05, 0) is 48.9 Å². The molecule has 3 aromatic heterocycles. The number of rotatable bonds is 7. The number of hydrogen-bond donors (Lipinski definition) is 3. The molecule has 1 aromatic carbocycles. The third-order valence-corrected chi connectivity index (χ3v) is 4.56. The van der Waals surface area contributed by atoms with Gasteiger partial charge in [0.1, 0.15) is 11.5 Å². The Morgan fingerprint density at radius 2 is 1.97 bits per heavy atom. The molecule has 0 saturated carbocycles. The van der Waals surface area contributed by atoms with E-state index in [9.17, 15) is 9.18 Å². The molecule has 4 rings (SSSR count). The van der Waals surface area contributed by atoms with E-state index in [4.69, 9.17) is 10.8 Å². The maximum Gasteiger partial charge on any atom is 0.250 e. The lowest BCUT2D eigenvalue weighted by Gasteiger charge is -2.07. The molecule has 0 saturated heterocycles. The Morgan fingerprint density at radius 3 is 2.70 bits per heavy atom. The van der Waals surface area contributed by atoms with Crippen molar-refractivity contribution < 1.29 is 14.3 Å². The second-order valence-electron chi connectivity index (χ2n) is 6.61. The molecule has 9 heteroatoms. The standard InChI is InChI=1S/C21H19FN6O2/c22-15-5-2-13(3-6-15)19-18(16-8-10-25-21(26-16)24-9-1-11-29)17-7-4-14(20(23)30)12-28(17)27-19/h2-8,10,12,29H,1,9,11H2,(H2,23,30)(H,24,25,26). The van der Waals surface area contributed by atoms with Crippen molar-refractivity contribution in [1.29, 1.82) is 0 Å². The molecule has 0 aliphatic heterocycles. The number of nitrogens with zero attached hydrogens (tertiary/aromatic N) is 4. The first-order valence-electron chi connectivity index (χ1n) is 9.33. The van der Waals surface area contributed by atoms with E-state index in [-0.39, 0.29) is 12.4 Å². The molecule has 30 heavy (non-hydrogen) atoms. The van der Waals surface area contributed by atoms with E-state index in [1.807, 2.05) is 0 Å². The second kappa shape index (κ2) is 8.26. The second-order valence-corrected chi connectivity index (χ2v) is 6.61. The van der Waals surface area contributed by atoms with Crippen molar-refractivity contribution in [2.45, 2.75) is 6.42 Å². The molecule has 0 fully saturated rings. The molecule has 152 valence electrons. The van der Waals surface area contributed by atoms with E-state index >= 15 is 0 Å². The van der Waals surface area contributed by atoms with Gasteiger partial charge in [-0.3, -0.25) is 4.79 Å². The van der Waals surface area contributed by atoms with Gasteiger partial charge in [0, 0.05) is 31.1 Å². The molecule has 0 atom stereocenters. The summed E-state index contributed by atoms with van der Waals surface area (Å²) in [7, 11) is 0. The predicted molar refractivity (Wildman–Crippen MR) is 110 cm³/mol. The van der Waals surface area contributed by atoms with Crippen molar-refractivity contribution in [3.8, 4) is 22.5 Å². The fourth-order valence-corrected chi connectivity index (χ4v) is 3.12. The van der Waals surface area contributed by atoms with Gasteiger partial charge >= 0.3 is 0 Å². The quantitative estimate of drug-likeness (QED) is 0.406. The van der Waals surface area contributed by atoms with E-state index in [1.54, 1.807) is 47.2 Å². The van der Waals surface area contributed by atoms with Gasteiger partial charge in [-0.15, -0.1) is 0 Å². The summed E-state index contributed by atoms with van der Waals surface area (Å²) in [4.78, 5) is 20.4. The average molecular weight is 406 g/mol. The van der Waals surface area contributed by atoms with Crippen LogP contribution in [0.25, 0.3) is 28.0 Å². The maximum absolute atomic E-state index is 13.4. The molecule has 1 amide bonds. The molecular weight excluding hydrogens is 387 g/mol. The van der Waals surface area contributed by atoms with Crippen molar-refractivity contribution in [1.82, 2.24) is 19.6 Å².